The van der Waals surface area contributed by atoms with E-state index >= 15 is 0 Å². The molecule has 6 nitrogen and oxygen atoms in total. The minimum Gasteiger partial charge on any atom is -0.506 e. The van der Waals surface area contributed by atoms with E-state index in [1.54, 1.807) is 11.0 Å². The average molecular weight is 259 g/mol. The number of pyridine rings is 2. The van der Waals surface area contributed by atoms with Crippen LogP contribution in [-0.4, -0.2) is 39.0 Å². The van der Waals surface area contributed by atoms with Gasteiger partial charge in [0.25, 0.3) is 11.5 Å². The fraction of sp³-hybridized carbons (Fsp3) is 0.308. The van der Waals surface area contributed by atoms with Crippen molar-refractivity contribution in [3.05, 3.63) is 34.4 Å². The Morgan fingerprint density at radius 3 is 2.84 bits per heavy atom. The molecule has 98 valence electrons. The van der Waals surface area contributed by atoms with Gasteiger partial charge in [-0.05, 0) is 18.9 Å². The fourth-order valence-corrected chi connectivity index (χ4v) is 2.40. The lowest BCUT2D eigenvalue weighted by Gasteiger charge is -2.15. The van der Waals surface area contributed by atoms with E-state index in [1.807, 2.05) is 0 Å². The third-order valence-corrected chi connectivity index (χ3v) is 3.40. The summed E-state index contributed by atoms with van der Waals surface area (Å²) in [6, 6.07) is 1.57. The van der Waals surface area contributed by atoms with Gasteiger partial charge in [-0.25, -0.2) is 0 Å². The van der Waals surface area contributed by atoms with Crippen LogP contribution in [0.4, 0.5) is 0 Å². The molecular formula is C13H13N3O3. The second kappa shape index (κ2) is 4.38. The highest BCUT2D eigenvalue weighted by Gasteiger charge is 2.26. The molecule has 0 radical (unpaired) electrons. The van der Waals surface area contributed by atoms with Crippen LogP contribution < -0.4 is 5.56 Å². The average Bonchev–Trinajstić information content (AvgIpc) is 2.92. The van der Waals surface area contributed by atoms with E-state index in [0.29, 0.717) is 24.0 Å². The predicted molar refractivity (Wildman–Crippen MR) is 69.2 cm³/mol. The monoisotopic (exact) mass is 259 g/mol. The number of hydrogen-bond donors (Lipinski definition) is 2. The van der Waals surface area contributed by atoms with E-state index in [2.05, 4.69) is 9.97 Å². The van der Waals surface area contributed by atoms with Gasteiger partial charge in [-0.3, -0.25) is 14.6 Å². The number of rotatable bonds is 1. The summed E-state index contributed by atoms with van der Waals surface area (Å²) in [5.41, 5.74) is -0.335. The molecule has 1 aliphatic heterocycles. The fourth-order valence-electron chi connectivity index (χ4n) is 2.40. The molecular weight excluding hydrogens is 246 g/mol. The predicted octanol–water partition coefficient (Wildman–Crippen LogP) is 0.865. The molecule has 2 aromatic heterocycles. The number of H-pyrrole nitrogens is 1. The SMILES string of the molecule is O=C(c1c(O)c2ccncc2[nH]c1=O)N1CCCC1. The van der Waals surface area contributed by atoms with Crippen molar-refractivity contribution in [3.63, 3.8) is 0 Å². The number of carbonyl (C=O) groups excluding carboxylic acids is 1. The van der Waals surface area contributed by atoms with Crippen LogP contribution in [0.2, 0.25) is 0 Å². The molecule has 0 aromatic carbocycles. The van der Waals surface area contributed by atoms with Gasteiger partial charge in [0.1, 0.15) is 11.3 Å². The van der Waals surface area contributed by atoms with E-state index < -0.39 is 11.5 Å². The first-order valence-electron chi connectivity index (χ1n) is 6.16. The van der Waals surface area contributed by atoms with Crippen molar-refractivity contribution < 1.29 is 9.90 Å². The van der Waals surface area contributed by atoms with Crippen LogP contribution >= 0.6 is 0 Å². The minimum atomic E-state index is -0.574. The van der Waals surface area contributed by atoms with Gasteiger partial charge < -0.3 is 15.0 Å². The molecule has 2 aromatic rings. The van der Waals surface area contributed by atoms with E-state index in [4.69, 9.17) is 0 Å². The Balaban J connectivity index is 2.18. The van der Waals surface area contributed by atoms with E-state index in [0.717, 1.165) is 12.8 Å². The summed E-state index contributed by atoms with van der Waals surface area (Å²) in [6.07, 6.45) is 4.81. The lowest BCUT2D eigenvalue weighted by Crippen LogP contribution is -2.32. The highest BCUT2D eigenvalue weighted by atomic mass is 16.3. The Morgan fingerprint density at radius 1 is 1.37 bits per heavy atom. The maximum atomic E-state index is 12.3. The normalized spacial score (nSPS) is 15.1. The Labute approximate surface area is 108 Å². The smallest absolute Gasteiger partial charge is 0.265 e. The molecule has 0 bridgehead atoms. The largest absolute Gasteiger partial charge is 0.506 e. The number of amides is 1. The number of fused-ring (bicyclic) bond motifs is 1. The number of likely N-dealkylation sites (tertiary alicyclic amines) is 1. The molecule has 6 heteroatoms. The van der Waals surface area contributed by atoms with Crippen LogP contribution in [0, 0.1) is 0 Å². The number of aromatic nitrogens is 2. The molecule has 3 heterocycles. The zero-order valence-corrected chi connectivity index (χ0v) is 10.2. The third-order valence-electron chi connectivity index (χ3n) is 3.40. The summed E-state index contributed by atoms with van der Waals surface area (Å²) in [5, 5.41) is 10.6. The molecule has 2 N–H and O–H groups in total. The van der Waals surface area contributed by atoms with Crippen LogP contribution in [-0.2, 0) is 0 Å². The summed E-state index contributed by atoms with van der Waals surface area (Å²) in [6.45, 7) is 1.26. The highest BCUT2D eigenvalue weighted by molar-refractivity contribution is 6.01. The second-order valence-electron chi connectivity index (χ2n) is 4.60. The molecule has 0 spiro atoms. The summed E-state index contributed by atoms with van der Waals surface area (Å²) < 4.78 is 0. The lowest BCUT2D eigenvalue weighted by atomic mass is 10.1. The van der Waals surface area contributed by atoms with Gasteiger partial charge in [-0.15, -0.1) is 0 Å². The Kier molecular flexibility index (Phi) is 2.70. The first-order valence-corrected chi connectivity index (χ1v) is 6.16. The van der Waals surface area contributed by atoms with Gasteiger partial charge in [0, 0.05) is 24.7 Å². The molecule has 0 unspecified atom stereocenters. The molecule has 0 aliphatic carbocycles. The van der Waals surface area contributed by atoms with Gasteiger partial charge >= 0.3 is 0 Å². The number of nitrogens with one attached hydrogen (secondary N) is 1. The van der Waals surface area contributed by atoms with E-state index in [9.17, 15) is 14.7 Å². The third kappa shape index (κ3) is 1.85. The standard InChI is InChI=1S/C13H13N3O3/c17-11-8-3-4-14-7-9(8)15-12(18)10(11)13(19)16-5-1-2-6-16/h3-4,7H,1-2,5-6H2,(H2,15,17,18). The van der Waals surface area contributed by atoms with Gasteiger partial charge in [0.05, 0.1) is 11.7 Å². The lowest BCUT2D eigenvalue weighted by molar-refractivity contribution is 0.0788. The van der Waals surface area contributed by atoms with Crippen molar-refractivity contribution >= 4 is 16.8 Å². The Hall–Kier alpha value is -2.37. The summed E-state index contributed by atoms with van der Waals surface area (Å²) >= 11 is 0. The van der Waals surface area contributed by atoms with Crippen molar-refractivity contribution in [2.75, 3.05) is 13.1 Å². The van der Waals surface area contributed by atoms with Crippen molar-refractivity contribution in [2.24, 2.45) is 0 Å². The Morgan fingerprint density at radius 2 is 2.11 bits per heavy atom. The molecule has 1 saturated heterocycles. The summed E-state index contributed by atoms with van der Waals surface area (Å²) in [7, 11) is 0. The maximum absolute atomic E-state index is 12.3. The van der Waals surface area contributed by atoms with Gasteiger partial charge in [0.15, 0.2) is 0 Å². The number of carbonyl (C=O) groups is 1. The van der Waals surface area contributed by atoms with Crippen LogP contribution in [0.15, 0.2) is 23.3 Å². The second-order valence-corrected chi connectivity index (χ2v) is 4.60. The topological polar surface area (TPSA) is 86.3 Å². The van der Waals surface area contributed by atoms with Gasteiger partial charge in [-0.2, -0.15) is 0 Å². The van der Waals surface area contributed by atoms with Crippen molar-refractivity contribution in [3.8, 4) is 5.75 Å². The number of aromatic hydroxyl groups is 1. The molecule has 0 atom stereocenters. The van der Waals surface area contributed by atoms with Crippen LogP contribution in [0.25, 0.3) is 10.9 Å². The van der Waals surface area contributed by atoms with Crippen molar-refractivity contribution in [2.45, 2.75) is 12.8 Å². The maximum Gasteiger partial charge on any atom is 0.265 e. The highest BCUT2D eigenvalue weighted by Crippen LogP contribution is 2.25. The van der Waals surface area contributed by atoms with Crippen molar-refractivity contribution in [1.82, 2.24) is 14.9 Å². The summed E-state index contributed by atoms with van der Waals surface area (Å²) in [5.74, 6) is -0.673. The van der Waals surface area contributed by atoms with E-state index in [1.165, 1.54) is 12.4 Å². The summed E-state index contributed by atoms with van der Waals surface area (Å²) in [4.78, 5) is 32.3. The molecule has 19 heavy (non-hydrogen) atoms. The molecule has 1 amide bonds. The van der Waals surface area contributed by atoms with E-state index in [-0.39, 0.29) is 11.3 Å². The molecule has 1 aliphatic rings. The van der Waals surface area contributed by atoms with Crippen molar-refractivity contribution in [1.29, 1.82) is 0 Å². The van der Waals surface area contributed by atoms with Gasteiger partial charge in [-0.1, -0.05) is 0 Å². The van der Waals surface area contributed by atoms with Crippen LogP contribution in [0.5, 0.6) is 5.75 Å². The zero-order chi connectivity index (χ0) is 13.4. The minimum absolute atomic E-state index is 0.180. The van der Waals surface area contributed by atoms with Crippen LogP contribution in [0.3, 0.4) is 0 Å². The quantitative estimate of drug-likeness (QED) is 0.795. The first kappa shape index (κ1) is 11.7. The van der Waals surface area contributed by atoms with Crippen LogP contribution in [0.1, 0.15) is 23.2 Å². The zero-order valence-electron chi connectivity index (χ0n) is 10.2. The number of hydrogen-bond acceptors (Lipinski definition) is 4. The first-order chi connectivity index (χ1) is 9.18. The van der Waals surface area contributed by atoms with Gasteiger partial charge in [0.2, 0.25) is 0 Å². The molecule has 0 saturated carbocycles. The molecule has 3 rings (SSSR count). The number of aromatic amines is 1. The number of nitrogens with zero attached hydrogens (tertiary/aromatic N) is 2. The molecule has 1 fully saturated rings. The Bertz CT molecular complexity index is 702.